The predicted molar refractivity (Wildman–Crippen MR) is 51.1 cm³/mol. The largest absolute Gasteiger partial charge is 0.460 e. The zero-order chi connectivity index (χ0) is 11.5. The van der Waals surface area contributed by atoms with Crippen molar-refractivity contribution >= 4 is 11.9 Å². The van der Waals surface area contributed by atoms with Crippen LogP contribution < -0.4 is 0 Å². The summed E-state index contributed by atoms with van der Waals surface area (Å²) in [6, 6.07) is 0. The van der Waals surface area contributed by atoms with E-state index >= 15 is 0 Å². The number of carbonyl (C=O) groups is 2. The Morgan fingerprint density at radius 1 is 1.40 bits per heavy atom. The van der Waals surface area contributed by atoms with Crippen molar-refractivity contribution < 1.29 is 23.8 Å². The number of epoxide rings is 1. The van der Waals surface area contributed by atoms with E-state index in [1.165, 1.54) is 0 Å². The van der Waals surface area contributed by atoms with Crippen LogP contribution in [0.3, 0.4) is 0 Å². The van der Waals surface area contributed by atoms with E-state index in [4.69, 9.17) is 14.2 Å². The van der Waals surface area contributed by atoms with E-state index < -0.39 is 17.5 Å². The second-order valence-electron chi connectivity index (χ2n) is 3.57. The molecule has 5 heteroatoms. The summed E-state index contributed by atoms with van der Waals surface area (Å²) in [6.07, 6.45) is 0. The minimum Gasteiger partial charge on any atom is -0.460 e. The Morgan fingerprint density at radius 3 is 2.40 bits per heavy atom. The fourth-order valence-corrected chi connectivity index (χ4v) is 0.771. The lowest BCUT2D eigenvalue weighted by Crippen LogP contribution is -2.25. The highest BCUT2D eigenvalue weighted by molar-refractivity contribution is 5.87. The van der Waals surface area contributed by atoms with Gasteiger partial charge in [-0.1, -0.05) is 6.58 Å². The number of hydrogen-bond donors (Lipinski definition) is 0. The molecule has 1 saturated heterocycles. The molecule has 1 heterocycles. The highest BCUT2D eigenvalue weighted by Gasteiger charge is 2.48. The van der Waals surface area contributed by atoms with Crippen molar-refractivity contribution in [3.8, 4) is 0 Å². The molecular formula is C10H14O5. The molecule has 1 aliphatic heterocycles. The summed E-state index contributed by atoms with van der Waals surface area (Å²) < 4.78 is 14.4. The minimum absolute atomic E-state index is 0.0352. The van der Waals surface area contributed by atoms with Crippen LogP contribution in [0.2, 0.25) is 0 Å². The van der Waals surface area contributed by atoms with E-state index in [0.29, 0.717) is 12.2 Å². The molecule has 0 aromatic heterocycles. The molecule has 0 aliphatic carbocycles. The molecule has 84 valence electrons. The van der Waals surface area contributed by atoms with Gasteiger partial charge >= 0.3 is 11.9 Å². The van der Waals surface area contributed by atoms with Gasteiger partial charge in [0, 0.05) is 5.57 Å². The molecule has 0 saturated carbocycles. The van der Waals surface area contributed by atoms with Crippen LogP contribution in [0.15, 0.2) is 12.2 Å². The third-order valence-electron chi connectivity index (χ3n) is 1.91. The van der Waals surface area contributed by atoms with Gasteiger partial charge in [-0.25, -0.2) is 9.59 Å². The number of rotatable bonds is 5. The molecule has 0 spiro atoms. The van der Waals surface area contributed by atoms with Crippen molar-refractivity contribution in [2.75, 3.05) is 19.8 Å². The van der Waals surface area contributed by atoms with E-state index in [9.17, 15) is 9.59 Å². The summed E-state index contributed by atoms with van der Waals surface area (Å²) in [6.45, 7) is 7.07. The lowest BCUT2D eigenvalue weighted by atomic mass is 10.2. The van der Waals surface area contributed by atoms with Gasteiger partial charge in [0.2, 0.25) is 0 Å². The van der Waals surface area contributed by atoms with E-state index in [1.54, 1.807) is 13.8 Å². The highest BCUT2D eigenvalue weighted by atomic mass is 16.6. The summed E-state index contributed by atoms with van der Waals surface area (Å²) in [4.78, 5) is 22.1. The van der Waals surface area contributed by atoms with Crippen molar-refractivity contribution in [2.45, 2.75) is 19.4 Å². The third-order valence-corrected chi connectivity index (χ3v) is 1.91. The van der Waals surface area contributed by atoms with Crippen LogP contribution in [-0.4, -0.2) is 37.4 Å². The number of carbonyl (C=O) groups excluding carboxylic acids is 2. The number of hydrogen-bond acceptors (Lipinski definition) is 5. The van der Waals surface area contributed by atoms with E-state index in [0.717, 1.165) is 0 Å². The Balaban J connectivity index is 2.09. The SMILES string of the molecule is C=C(C)C(=O)OCCOC(=O)C1(C)CO1. The van der Waals surface area contributed by atoms with Gasteiger partial charge in [-0.3, -0.25) is 0 Å². The van der Waals surface area contributed by atoms with Crippen molar-refractivity contribution in [2.24, 2.45) is 0 Å². The van der Waals surface area contributed by atoms with Crippen LogP contribution in [0.1, 0.15) is 13.8 Å². The van der Waals surface area contributed by atoms with Gasteiger partial charge in [-0.05, 0) is 13.8 Å². The molecule has 1 atom stereocenters. The first kappa shape index (κ1) is 11.7. The second-order valence-corrected chi connectivity index (χ2v) is 3.57. The normalized spacial score (nSPS) is 23.1. The zero-order valence-corrected chi connectivity index (χ0v) is 8.87. The lowest BCUT2D eigenvalue weighted by molar-refractivity contribution is -0.154. The number of esters is 2. The summed E-state index contributed by atoms with van der Waals surface area (Å²) >= 11 is 0. The predicted octanol–water partition coefficient (Wildman–Crippen LogP) is 0.438. The summed E-state index contributed by atoms with van der Waals surface area (Å²) in [5.41, 5.74) is -0.461. The van der Waals surface area contributed by atoms with Crippen LogP contribution in [0, 0.1) is 0 Å². The zero-order valence-electron chi connectivity index (χ0n) is 8.87. The van der Waals surface area contributed by atoms with Crippen molar-refractivity contribution in [3.05, 3.63) is 12.2 Å². The van der Waals surface area contributed by atoms with E-state index in [2.05, 4.69) is 6.58 Å². The van der Waals surface area contributed by atoms with Gasteiger partial charge in [0.25, 0.3) is 0 Å². The fourth-order valence-electron chi connectivity index (χ4n) is 0.771. The van der Waals surface area contributed by atoms with Crippen LogP contribution in [0.5, 0.6) is 0 Å². The first-order valence-electron chi connectivity index (χ1n) is 4.59. The van der Waals surface area contributed by atoms with Crippen molar-refractivity contribution in [1.29, 1.82) is 0 Å². The quantitative estimate of drug-likeness (QED) is 0.287. The van der Waals surface area contributed by atoms with Gasteiger partial charge in [0.1, 0.15) is 13.2 Å². The van der Waals surface area contributed by atoms with Gasteiger partial charge in [-0.15, -0.1) is 0 Å². The van der Waals surface area contributed by atoms with Gasteiger partial charge < -0.3 is 14.2 Å². The first-order chi connectivity index (χ1) is 6.96. The Labute approximate surface area is 88.0 Å². The van der Waals surface area contributed by atoms with Crippen LogP contribution in [0.4, 0.5) is 0 Å². The first-order valence-corrected chi connectivity index (χ1v) is 4.59. The molecular weight excluding hydrogens is 200 g/mol. The molecule has 1 fully saturated rings. The third kappa shape index (κ3) is 3.36. The average Bonchev–Trinajstić information content (AvgIpc) is 2.91. The molecule has 0 aromatic carbocycles. The fraction of sp³-hybridized carbons (Fsp3) is 0.600. The summed E-state index contributed by atoms with van der Waals surface area (Å²) in [5.74, 6) is -0.909. The Bertz CT molecular complexity index is 290. The van der Waals surface area contributed by atoms with Crippen LogP contribution in [0.25, 0.3) is 0 Å². The Morgan fingerprint density at radius 2 is 1.93 bits per heavy atom. The topological polar surface area (TPSA) is 65.1 Å². The van der Waals surface area contributed by atoms with Crippen LogP contribution in [-0.2, 0) is 23.8 Å². The molecule has 1 unspecified atom stereocenters. The standard InChI is InChI=1S/C10H14O5/c1-7(2)8(11)13-4-5-14-9(12)10(3)6-15-10/h1,4-6H2,2-3H3. The Kier molecular flexibility index (Phi) is 3.47. The lowest BCUT2D eigenvalue weighted by Gasteiger charge is -2.07. The Hall–Kier alpha value is -1.36. The van der Waals surface area contributed by atoms with Gasteiger partial charge in [0.15, 0.2) is 5.60 Å². The monoisotopic (exact) mass is 214 g/mol. The average molecular weight is 214 g/mol. The second kappa shape index (κ2) is 4.44. The summed E-state index contributed by atoms with van der Waals surface area (Å²) in [5, 5.41) is 0. The highest BCUT2D eigenvalue weighted by Crippen LogP contribution is 2.26. The van der Waals surface area contributed by atoms with Gasteiger partial charge in [0.05, 0.1) is 6.61 Å². The maximum absolute atomic E-state index is 11.2. The van der Waals surface area contributed by atoms with Crippen molar-refractivity contribution in [3.63, 3.8) is 0 Å². The van der Waals surface area contributed by atoms with Crippen molar-refractivity contribution in [1.82, 2.24) is 0 Å². The van der Waals surface area contributed by atoms with Gasteiger partial charge in [-0.2, -0.15) is 0 Å². The smallest absolute Gasteiger partial charge is 0.340 e. The van der Waals surface area contributed by atoms with Crippen LogP contribution >= 0.6 is 0 Å². The van der Waals surface area contributed by atoms with E-state index in [1.807, 2.05) is 0 Å². The molecule has 0 radical (unpaired) electrons. The molecule has 0 bridgehead atoms. The molecule has 5 nitrogen and oxygen atoms in total. The molecule has 1 rings (SSSR count). The molecule has 1 aliphatic rings. The van der Waals surface area contributed by atoms with E-state index in [-0.39, 0.29) is 13.2 Å². The summed E-state index contributed by atoms with van der Waals surface area (Å²) in [7, 11) is 0. The molecule has 0 aromatic rings. The molecule has 0 amide bonds. The minimum atomic E-state index is -0.779. The molecule has 15 heavy (non-hydrogen) atoms. The maximum atomic E-state index is 11.2. The number of ether oxygens (including phenoxy) is 3. The maximum Gasteiger partial charge on any atom is 0.340 e. The molecule has 0 N–H and O–H groups in total.